The lowest BCUT2D eigenvalue weighted by Gasteiger charge is -2.38. The Morgan fingerprint density at radius 1 is 1.31 bits per heavy atom. The highest BCUT2D eigenvalue weighted by Gasteiger charge is 2.32. The summed E-state index contributed by atoms with van der Waals surface area (Å²) >= 11 is 6.33. The average Bonchev–Trinajstić information content (AvgIpc) is 2.62. The number of halogens is 3. The van der Waals surface area contributed by atoms with E-state index in [-0.39, 0.29) is 36.8 Å². The van der Waals surface area contributed by atoms with Crippen molar-refractivity contribution in [3.05, 3.63) is 59.4 Å². The fourth-order valence-electron chi connectivity index (χ4n) is 2.90. The molecule has 1 aromatic heterocycles. The number of hydrogen-bond acceptors (Lipinski definition) is 4. The van der Waals surface area contributed by atoms with Crippen molar-refractivity contribution >= 4 is 42.3 Å². The first-order chi connectivity index (χ1) is 11.7. The molecule has 1 fully saturated rings. The van der Waals surface area contributed by atoms with Crippen molar-refractivity contribution in [1.29, 1.82) is 0 Å². The first-order valence-electron chi connectivity index (χ1n) is 7.99. The predicted molar refractivity (Wildman–Crippen MR) is 108 cm³/mol. The lowest BCUT2D eigenvalue weighted by Crippen LogP contribution is -2.52. The van der Waals surface area contributed by atoms with E-state index >= 15 is 0 Å². The highest BCUT2D eigenvalue weighted by molar-refractivity contribution is 6.31. The van der Waals surface area contributed by atoms with Crippen LogP contribution in [0.5, 0.6) is 5.75 Å². The van der Waals surface area contributed by atoms with E-state index in [0.717, 1.165) is 12.1 Å². The number of amides is 1. The van der Waals surface area contributed by atoms with Crippen LogP contribution < -0.4 is 10.1 Å². The lowest BCUT2D eigenvalue weighted by atomic mass is 10.0. The Bertz CT molecular complexity index is 703. The van der Waals surface area contributed by atoms with Crippen LogP contribution in [0.1, 0.15) is 18.5 Å². The van der Waals surface area contributed by atoms with Crippen LogP contribution in [-0.4, -0.2) is 41.5 Å². The molecule has 5 nitrogen and oxygen atoms in total. The van der Waals surface area contributed by atoms with E-state index < -0.39 is 6.10 Å². The summed E-state index contributed by atoms with van der Waals surface area (Å²) in [6.07, 6.45) is 2.69. The molecule has 0 bridgehead atoms. The predicted octanol–water partition coefficient (Wildman–Crippen LogP) is 3.52. The van der Waals surface area contributed by atoms with Crippen LogP contribution in [0.3, 0.4) is 0 Å². The van der Waals surface area contributed by atoms with E-state index in [9.17, 15) is 4.79 Å². The monoisotopic (exact) mass is 417 g/mol. The Labute approximate surface area is 170 Å². The zero-order valence-electron chi connectivity index (χ0n) is 14.3. The third-order valence-corrected chi connectivity index (χ3v) is 4.43. The van der Waals surface area contributed by atoms with E-state index in [1.165, 1.54) is 0 Å². The number of nitrogens with one attached hydrogen (secondary N) is 1. The Balaban J connectivity index is 0.00000169. The zero-order valence-corrected chi connectivity index (χ0v) is 16.7. The third-order valence-electron chi connectivity index (χ3n) is 4.09. The van der Waals surface area contributed by atoms with Gasteiger partial charge >= 0.3 is 0 Å². The molecule has 0 spiro atoms. The molecule has 8 heteroatoms. The minimum Gasteiger partial charge on any atom is -0.479 e. The molecular formula is C18H22Cl3N3O2. The van der Waals surface area contributed by atoms with Crippen LogP contribution in [0.4, 0.5) is 0 Å². The van der Waals surface area contributed by atoms with Crippen LogP contribution in [0.15, 0.2) is 48.8 Å². The molecule has 1 aliphatic rings. The summed E-state index contributed by atoms with van der Waals surface area (Å²) in [4.78, 5) is 18.8. The molecule has 1 aliphatic heterocycles. The Kier molecular flexibility index (Phi) is 9.16. The summed E-state index contributed by atoms with van der Waals surface area (Å²) in [6.45, 7) is 3.82. The van der Waals surface area contributed by atoms with Gasteiger partial charge in [-0.2, -0.15) is 0 Å². The van der Waals surface area contributed by atoms with Gasteiger partial charge in [-0.3, -0.25) is 9.78 Å². The molecule has 0 saturated carbocycles. The van der Waals surface area contributed by atoms with Gasteiger partial charge in [0.1, 0.15) is 5.75 Å². The molecule has 0 radical (unpaired) electrons. The van der Waals surface area contributed by atoms with Gasteiger partial charge in [0.15, 0.2) is 6.10 Å². The number of carbonyl (C=O) groups is 1. The molecular weight excluding hydrogens is 397 g/mol. The molecule has 3 rings (SSSR count). The van der Waals surface area contributed by atoms with Crippen molar-refractivity contribution in [2.24, 2.45) is 0 Å². The summed E-state index contributed by atoms with van der Waals surface area (Å²) in [6, 6.07) is 11.1. The summed E-state index contributed by atoms with van der Waals surface area (Å²) in [5, 5.41) is 4.00. The molecule has 1 N–H and O–H groups in total. The summed E-state index contributed by atoms with van der Waals surface area (Å²) in [7, 11) is 0. The number of carbonyl (C=O) groups excluding carboxylic acids is 1. The second kappa shape index (κ2) is 10.6. The first-order valence-corrected chi connectivity index (χ1v) is 8.37. The Morgan fingerprint density at radius 2 is 2.08 bits per heavy atom. The molecule has 142 valence electrons. The number of pyridine rings is 1. The second-order valence-electron chi connectivity index (χ2n) is 5.72. The lowest BCUT2D eigenvalue weighted by molar-refractivity contribution is -0.141. The normalized spacial score (nSPS) is 17.5. The fourth-order valence-corrected chi connectivity index (χ4v) is 3.16. The molecule has 2 heterocycles. The van der Waals surface area contributed by atoms with Crippen molar-refractivity contribution in [3.63, 3.8) is 0 Å². The van der Waals surface area contributed by atoms with Gasteiger partial charge in [0.25, 0.3) is 5.91 Å². The van der Waals surface area contributed by atoms with Crippen molar-refractivity contribution in [2.75, 3.05) is 19.6 Å². The SMILES string of the molecule is CC(Oc1cccnc1)C(=O)N1CCNCC1c1ccccc1Cl.Cl.Cl. The highest BCUT2D eigenvalue weighted by atomic mass is 35.5. The number of benzene rings is 1. The van der Waals surface area contributed by atoms with E-state index in [1.807, 2.05) is 29.2 Å². The Hall–Kier alpha value is -1.53. The summed E-state index contributed by atoms with van der Waals surface area (Å²) in [5.41, 5.74) is 0.952. The minimum atomic E-state index is -0.586. The van der Waals surface area contributed by atoms with Crippen LogP contribution in [0.25, 0.3) is 0 Å². The molecule has 1 amide bonds. The summed E-state index contributed by atoms with van der Waals surface area (Å²) in [5.74, 6) is 0.535. The van der Waals surface area contributed by atoms with Crippen LogP contribution in [0.2, 0.25) is 5.02 Å². The first kappa shape index (κ1) is 22.5. The van der Waals surface area contributed by atoms with Crippen molar-refractivity contribution in [1.82, 2.24) is 15.2 Å². The smallest absolute Gasteiger partial charge is 0.263 e. The van der Waals surface area contributed by atoms with Crippen molar-refractivity contribution in [3.8, 4) is 5.75 Å². The number of rotatable bonds is 4. The fraction of sp³-hybridized carbons (Fsp3) is 0.333. The molecule has 2 aromatic rings. The largest absolute Gasteiger partial charge is 0.479 e. The number of hydrogen-bond donors (Lipinski definition) is 1. The van der Waals surface area contributed by atoms with E-state index in [1.54, 1.807) is 31.5 Å². The number of ether oxygens (including phenoxy) is 1. The average molecular weight is 419 g/mol. The maximum absolute atomic E-state index is 12.9. The molecule has 2 atom stereocenters. The maximum Gasteiger partial charge on any atom is 0.263 e. The van der Waals surface area contributed by atoms with Crippen LogP contribution >= 0.6 is 36.4 Å². The Morgan fingerprint density at radius 3 is 2.77 bits per heavy atom. The highest BCUT2D eigenvalue weighted by Crippen LogP contribution is 2.29. The van der Waals surface area contributed by atoms with Gasteiger partial charge in [0.2, 0.25) is 0 Å². The van der Waals surface area contributed by atoms with Crippen molar-refractivity contribution < 1.29 is 9.53 Å². The maximum atomic E-state index is 12.9. The van der Waals surface area contributed by atoms with E-state index in [4.69, 9.17) is 16.3 Å². The molecule has 1 saturated heterocycles. The van der Waals surface area contributed by atoms with Gasteiger partial charge in [-0.05, 0) is 30.7 Å². The van der Waals surface area contributed by atoms with Gasteiger partial charge in [0.05, 0.1) is 12.2 Å². The van der Waals surface area contributed by atoms with Crippen LogP contribution in [-0.2, 0) is 4.79 Å². The standard InChI is InChI=1S/C18H20ClN3O2.2ClH/c1-13(24-14-5-4-8-20-11-14)18(23)22-10-9-21-12-17(22)15-6-2-3-7-16(15)19;;/h2-8,11,13,17,21H,9-10,12H2,1H3;2*1H. The third kappa shape index (κ3) is 5.24. The van der Waals surface area contributed by atoms with E-state index in [0.29, 0.717) is 23.9 Å². The number of aromatic nitrogens is 1. The van der Waals surface area contributed by atoms with Gasteiger partial charge in [-0.25, -0.2) is 0 Å². The van der Waals surface area contributed by atoms with Gasteiger partial charge < -0.3 is 15.0 Å². The van der Waals surface area contributed by atoms with E-state index in [2.05, 4.69) is 10.3 Å². The number of piperazine rings is 1. The molecule has 26 heavy (non-hydrogen) atoms. The number of nitrogens with zero attached hydrogens (tertiary/aromatic N) is 2. The quantitative estimate of drug-likeness (QED) is 0.825. The van der Waals surface area contributed by atoms with Gasteiger partial charge in [0, 0.05) is 30.9 Å². The summed E-state index contributed by atoms with van der Waals surface area (Å²) < 4.78 is 5.74. The van der Waals surface area contributed by atoms with Crippen LogP contribution in [0, 0.1) is 0 Å². The molecule has 2 unspecified atom stereocenters. The van der Waals surface area contributed by atoms with Crippen molar-refractivity contribution in [2.45, 2.75) is 19.1 Å². The topological polar surface area (TPSA) is 54.5 Å². The zero-order chi connectivity index (χ0) is 16.9. The molecule has 0 aliphatic carbocycles. The van der Waals surface area contributed by atoms with Gasteiger partial charge in [-0.15, -0.1) is 24.8 Å². The molecule has 1 aromatic carbocycles. The minimum absolute atomic E-state index is 0. The second-order valence-corrected chi connectivity index (χ2v) is 6.13. The van der Waals surface area contributed by atoms with Gasteiger partial charge in [-0.1, -0.05) is 29.8 Å².